The molecule has 0 aromatic heterocycles. The molecule has 0 spiro atoms. The minimum absolute atomic E-state index is 0.0417. The molecule has 3 rings (SSSR count). The summed E-state index contributed by atoms with van der Waals surface area (Å²) < 4.78 is 0. The van der Waals surface area contributed by atoms with E-state index in [0.29, 0.717) is 16.7 Å². The number of phenolic OH excluding ortho intramolecular Hbond substituents is 1. The Morgan fingerprint density at radius 2 is 1.41 bits per heavy atom. The molecular formula is C27H30O2. The predicted molar refractivity (Wildman–Crippen MR) is 121 cm³/mol. The molecule has 0 amide bonds. The normalized spacial score (nSPS) is 12.0. The Morgan fingerprint density at radius 1 is 0.793 bits per heavy atom. The molecule has 3 aromatic carbocycles. The number of benzene rings is 3. The van der Waals surface area contributed by atoms with E-state index in [4.69, 9.17) is 0 Å². The van der Waals surface area contributed by atoms with Gasteiger partial charge >= 0.3 is 0 Å². The summed E-state index contributed by atoms with van der Waals surface area (Å²) in [6.45, 7) is 11.2. The van der Waals surface area contributed by atoms with Gasteiger partial charge in [-0.3, -0.25) is 4.79 Å². The van der Waals surface area contributed by atoms with Gasteiger partial charge in [0.05, 0.1) is 0 Å². The Bertz CT molecular complexity index is 1010. The van der Waals surface area contributed by atoms with Crippen LogP contribution in [0.1, 0.15) is 62.5 Å². The quantitative estimate of drug-likeness (QED) is 0.479. The minimum Gasteiger partial charge on any atom is -0.507 e. The van der Waals surface area contributed by atoms with E-state index in [2.05, 4.69) is 34.6 Å². The molecule has 2 nitrogen and oxygen atoms in total. The second-order valence-corrected chi connectivity index (χ2v) is 9.59. The lowest BCUT2D eigenvalue weighted by molar-refractivity contribution is 0.103. The van der Waals surface area contributed by atoms with Crippen LogP contribution in [-0.4, -0.2) is 10.9 Å². The number of phenols is 1. The van der Waals surface area contributed by atoms with Crippen molar-refractivity contribution in [3.63, 3.8) is 0 Å². The van der Waals surface area contributed by atoms with E-state index in [1.54, 1.807) is 6.07 Å². The third-order valence-electron chi connectivity index (χ3n) is 5.25. The molecule has 2 heteroatoms. The van der Waals surface area contributed by atoms with Crippen LogP contribution < -0.4 is 0 Å². The lowest BCUT2D eigenvalue weighted by Crippen LogP contribution is -2.24. The lowest BCUT2D eigenvalue weighted by atomic mass is 9.72. The zero-order chi connectivity index (χ0) is 21.2. The van der Waals surface area contributed by atoms with Crippen molar-refractivity contribution in [2.75, 3.05) is 0 Å². The van der Waals surface area contributed by atoms with Gasteiger partial charge in [-0.25, -0.2) is 0 Å². The average molecular weight is 387 g/mol. The Kier molecular flexibility index (Phi) is 5.66. The van der Waals surface area contributed by atoms with Gasteiger partial charge in [-0.15, -0.1) is 0 Å². The molecule has 0 aliphatic heterocycles. The molecule has 1 N–H and O–H groups in total. The number of ketones is 1. The van der Waals surface area contributed by atoms with E-state index >= 15 is 0 Å². The van der Waals surface area contributed by atoms with E-state index in [0.717, 1.165) is 17.5 Å². The summed E-state index contributed by atoms with van der Waals surface area (Å²) in [6, 6.07) is 22.6. The molecular weight excluding hydrogens is 356 g/mol. The third kappa shape index (κ3) is 4.76. The van der Waals surface area contributed by atoms with Gasteiger partial charge < -0.3 is 5.11 Å². The third-order valence-corrected chi connectivity index (χ3v) is 5.25. The SMILES string of the molecule is CC(C)(C)CC(C)(C)c1ccc(O)c(-c2ccccc2C(=O)c2ccccc2)c1. The molecule has 0 heterocycles. The highest BCUT2D eigenvalue weighted by Gasteiger charge is 2.28. The average Bonchev–Trinajstić information content (AvgIpc) is 2.66. The van der Waals surface area contributed by atoms with Gasteiger partial charge in [0.15, 0.2) is 5.78 Å². The van der Waals surface area contributed by atoms with Crippen LogP contribution in [0.5, 0.6) is 5.75 Å². The van der Waals surface area contributed by atoms with Crippen LogP contribution in [0.25, 0.3) is 11.1 Å². The Balaban J connectivity index is 2.10. The number of carbonyl (C=O) groups is 1. The van der Waals surface area contributed by atoms with Crippen LogP contribution in [0.4, 0.5) is 0 Å². The van der Waals surface area contributed by atoms with Crippen molar-refractivity contribution in [1.29, 1.82) is 0 Å². The monoisotopic (exact) mass is 386 g/mol. The van der Waals surface area contributed by atoms with Crippen molar-refractivity contribution in [1.82, 2.24) is 0 Å². The highest BCUT2D eigenvalue weighted by atomic mass is 16.3. The molecule has 0 radical (unpaired) electrons. The lowest BCUT2D eigenvalue weighted by Gasteiger charge is -2.33. The summed E-state index contributed by atoms with van der Waals surface area (Å²) in [5, 5.41) is 10.7. The Labute approximate surface area is 174 Å². The maximum Gasteiger partial charge on any atom is 0.193 e. The van der Waals surface area contributed by atoms with Crippen LogP contribution in [0, 0.1) is 5.41 Å². The zero-order valence-corrected chi connectivity index (χ0v) is 18.0. The van der Waals surface area contributed by atoms with Crippen LogP contribution in [-0.2, 0) is 5.41 Å². The summed E-state index contributed by atoms with van der Waals surface area (Å²) in [7, 11) is 0. The fourth-order valence-electron chi connectivity index (χ4n) is 4.26. The van der Waals surface area contributed by atoms with Crippen molar-refractivity contribution in [2.45, 2.75) is 46.5 Å². The fraction of sp³-hybridized carbons (Fsp3) is 0.296. The highest BCUT2D eigenvalue weighted by Crippen LogP contribution is 2.40. The topological polar surface area (TPSA) is 37.3 Å². The first-order chi connectivity index (χ1) is 13.6. The first kappa shape index (κ1) is 20.9. The van der Waals surface area contributed by atoms with Crippen molar-refractivity contribution in [2.24, 2.45) is 5.41 Å². The minimum atomic E-state index is -0.0565. The number of hydrogen-bond acceptors (Lipinski definition) is 2. The van der Waals surface area contributed by atoms with Crippen LogP contribution in [0.15, 0.2) is 72.8 Å². The summed E-state index contributed by atoms with van der Waals surface area (Å²) in [6.07, 6.45) is 1.01. The second-order valence-electron chi connectivity index (χ2n) is 9.59. The maximum atomic E-state index is 13.1. The number of aromatic hydroxyl groups is 1. The molecule has 0 atom stereocenters. The molecule has 0 aliphatic carbocycles. The molecule has 0 aliphatic rings. The first-order valence-corrected chi connectivity index (χ1v) is 10.1. The van der Waals surface area contributed by atoms with E-state index in [1.165, 1.54) is 0 Å². The number of hydrogen-bond donors (Lipinski definition) is 1. The van der Waals surface area contributed by atoms with Gasteiger partial charge in [-0.2, -0.15) is 0 Å². The van der Waals surface area contributed by atoms with Gasteiger partial charge in [0.1, 0.15) is 5.75 Å². The largest absolute Gasteiger partial charge is 0.507 e. The summed E-state index contributed by atoms with van der Waals surface area (Å²) >= 11 is 0. The standard InChI is InChI=1S/C27H30O2/c1-26(2,3)18-27(4,5)20-15-16-24(28)23(17-20)21-13-9-10-14-22(21)25(29)19-11-7-6-8-12-19/h6-17,28H,18H2,1-5H3. The van der Waals surface area contributed by atoms with Gasteiger partial charge in [0.2, 0.25) is 0 Å². The molecule has 0 fully saturated rings. The van der Waals surface area contributed by atoms with Crippen molar-refractivity contribution >= 4 is 5.78 Å². The van der Waals surface area contributed by atoms with Crippen molar-refractivity contribution in [3.8, 4) is 16.9 Å². The molecule has 150 valence electrons. The van der Waals surface area contributed by atoms with Crippen molar-refractivity contribution in [3.05, 3.63) is 89.5 Å². The fourth-order valence-corrected chi connectivity index (χ4v) is 4.26. The Hall–Kier alpha value is -2.87. The maximum absolute atomic E-state index is 13.1. The van der Waals surface area contributed by atoms with Gasteiger partial charge in [0, 0.05) is 16.7 Å². The first-order valence-electron chi connectivity index (χ1n) is 10.1. The van der Waals surface area contributed by atoms with Crippen LogP contribution >= 0.6 is 0 Å². The van der Waals surface area contributed by atoms with Crippen LogP contribution in [0.3, 0.4) is 0 Å². The molecule has 0 saturated carbocycles. The molecule has 0 bridgehead atoms. The van der Waals surface area contributed by atoms with Crippen molar-refractivity contribution < 1.29 is 9.90 Å². The highest BCUT2D eigenvalue weighted by molar-refractivity contribution is 6.13. The number of rotatable bonds is 5. The summed E-state index contributed by atoms with van der Waals surface area (Å²) in [5.41, 5.74) is 3.98. The zero-order valence-electron chi connectivity index (χ0n) is 18.0. The van der Waals surface area contributed by atoms with Crippen LogP contribution in [0.2, 0.25) is 0 Å². The molecule has 0 saturated heterocycles. The van der Waals surface area contributed by atoms with E-state index < -0.39 is 0 Å². The summed E-state index contributed by atoms with van der Waals surface area (Å²) in [5.74, 6) is 0.147. The van der Waals surface area contributed by atoms with E-state index in [-0.39, 0.29) is 22.4 Å². The molecule has 29 heavy (non-hydrogen) atoms. The van der Waals surface area contributed by atoms with Gasteiger partial charge in [-0.05, 0) is 40.5 Å². The smallest absolute Gasteiger partial charge is 0.193 e. The second kappa shape index (κ2) is 7.87. The van der Waals surface area contributed by atoms with E-state index in [1.807, 2.05) is 66.7 Å². The van der Waals surface area contributed by atoms with Gasteiger partial charge in [0.25, 0.3) is 0 Å². The molecule has 3 aromatic rings. The summed E-state index contributed by atoms with van der Waals surface area (Å²) in [4.78, 5) is 13.1. The Morgan fingerprint density at radius 3 is 2.07 bits per heavy atom. The predicted octanol–water partition coefficient (Wildman–Crippen LogP) is 7.00. The van der Waals surface area contributed by atoms with Gasteiger partial charge in [-0.1, -0.05) is 95.3 Å². The molecule has 0 unspecified atom stereocenters. The van der Waals surface area contributed by atoms with E-state index in [9.17, 15) is 9.90 Å². The number of carbonyl (C=O) groups excluding carboxylic acids is 1.